The fourth-order valence-electron chi connectivity index (χ4n) is 3.67. The Balaban J connectivity index is 1.83. The van der Waals surface area contributed by atoms with Crippen molar-refractivity contribution in [1.82, 2.24) is 0 Å². The van der Waals surface area contributed by atoms with Gasteiger partial charge in [0.15, 0.2) is 0 Å². The number of hydrogen-bond acceptors (Lipinski definition) is 4. The van der Waals surface area contributed by atoms with Crippen LogP contribution >= 0.6 is 11.6 Å². The number of ether oxygens (including phenoxy) is 2. The molecule has 0 spiro atoms. The van der Waals surface area contributed by atoms with E-state index in [1.807, 2.05) is 0 Å². The molecule has 1 aliphatic heterocycles. The van der Waals surface area contributed by atoms with E-state index in [1.165, 1.54) is 7.11 Å². The second-order valence-electron chi connectivity index (χ2n) is 6.37. The van der Waals surface area contributed by atoms with Gasteiger partial charge >= 0.3 is 5.97 Å². The highest BCUT2D eigenvalue weighted by molar-refractivity contribution is 6.33. The van der Waals surface area contributed by atoms with E-state index in [2.05, 4.69) is 19.2 Å². The zero-order valence-corrected chi connectivity index (χ0v) is 13.2. The fourth-order valence-corrected chi connectivity index (χ4v) is 3.84. The SMILES string of the molecule is COC(=O)c1ccc(Cl)c(NC2C3CCOC3C2(C)C)c1. The van der Waals surface area contributed by atoms with Crippen LogP contribution in [0.25, 0.3) is 0 Å². The highest BCUT2D eigenvalue weighted by Crippen LogP contribution is 2.53. The number of halogens is 1. The van der Waals surface area contributed by atoms with Gasteiger partial charge in [-0.05, 0) is 24.6 Å². The van der Waals surface area contributed by atoms with E-state index >= 15 is 0 Å². The van der Waals surface area contributed by atoms with Gasteiger partial charge in [-0.1, -0.05) is 25.4 Å². The molecule has 3 rings (SSSR count). The first-order valence-electron chi connectivity index (χ1n) is 7.21. The third-order valence-electron chi connectivity index (χ3n) is 4.80. The lowest BCUT2D eigenvalue weighted by Crippen LogP contribution is -2.63. The van der Waals surface area contributed by atoms with Crippen molar-refractivity contribution in [3.05, 3.63) is 28.8 Å². The molecule has 1 heterocycles. The Kier molecular flexibility index (Phi) is 3.62. The third kappa shape index (κ3) is 2.30. The zero-order chi connectivity index (χ0) is 15.2. The smallest absolute Gasteiger partial charge is 0.337 e. The van der Waals surface area contributed by atoms with E-state index in [-0.39, 0.29) is 11.4 Å². The van der Waals surface area contributed by atoms with Gasteiger partial charge in [0.2, 0.25) is 0 Å². The van der Waals surface area contributed by atoms with Crippen LogP contribution in [-0.2, 0) is 9.47 Å². The number of nitrogens with one attached hydrogen (secondary N) is 1. The minimum absolute atomic E-state index is 0.0613. The van der Waals surface area contributed by atoms with E-state index in [0.717, 1.165) is 18.7 Å². The van der Waals surface area contributed by atoms with Gasteiger partial charge in [0.05, 0.1) is 29.5 Å². The molecule has 1 saturated heterocycles. The van der Waals surface area contributed by atoms with Gasteiger partial charge in [-0.2, -0.15) is 0 Å². The average Bonchev–Trinajstić information content (AvgIpc) is 2.92. The van der Waals surface area contributed by atoms with E-state index < -0.39 is 0 Å². The monoisotopic (exact) mass is 309 g/mol. The summed E-state index contributed by atoms with van der Waals surface area (Å²) in [6.07, 6.45) is 1.39. The first kappa shape index (κ1) is 14.7. The molecule has 1 N–H and O–H groups in total. The highest BCUT2D eigenvalue weighted by atomic mass is 35.5. The Labute approximate surface area is 129 Å². The summed E-state index contributed by atoms with van der Waals surface area (Å²) in [7, 11) is 1.37. The molecule has 1 aromatic rings. The van der Waals surface area contributed by atoms with Crippen LogP contribution in [0.1, 0.15) is 30.6 Å². The molecule has 0 radical (unpaired) electrons. The highest BCUT2D eigenvalue weighted by Gasteiger charge is 2.59. The molecule has 21 heavy (non-hydrogen) atoms. The summed E-state index contributed by atoms with van der Waals surface area (Å²) in [6, 6.07) is 5.46. The van der Waals surface area contributed by atoms with Crippen LogP contribution in [0.5, 0.6) is 0 Å². The summed E-state index contributed by atoms with van der Waals surface area (Å²) in [6.45, 7) is 5.23. The minimum Gasteiger partial charge on any atom is -0.465 e. The molecule has 3 atom stereocenters. The Morgan fingerprint density at radius 1 is 1.48 bits per heavy atom. The van der Waals surface area contributed by atoms with Crippen LogP contribution in [0.2, 0.25) is 5.02 Å². The lowest BCUT2D eigenvalue weighted by Gasteiger charge is -2.55. The number of esters is 1. The molecule has 5 heteroatoms. The van der Waals surface area contributed by atoms with Gasteiger partial charge in [0.1, 0.15) is 0 Å². The van der Waals surface area contributed by atoms with E-state index in [4.69, 9.17) is 21.1 Å². The van der Waals surface area contributed by atoms with Crippen molar-refractivity contribution in [3.8, 4) is 0 Å². The largest absolute Gasteiger partial charge is 0.465 e. The van der Waals surface area contributed by atoms with Crippen molar-refractivity contribution < 1.29 is 14.3 Å². The maximum absolute atomic E-state index is 11.6. The first-order valence-corrected chi connectivity index (χ1v) is 7.59. The van der Waals surface area contributed by atoms with Crippen LogP contribution in [0.4, 0.5) is 5.69 Å². The molecule has 0 bridgehead atoms. The molecule has 3 unspecified atom stereocenters. The van der Waals surface area contributed by atoms with Crippen molar-refractivity contribution in [2.24, 2.45) is 11.3 Å². The molecule has 0 aromatic heterocycles. The normalized spacial score (nSPS) is 29.4. The van der Waals surface area contributed by atoms with Crippen molar-refractivity contribution in [2.75, 3.05) is 19.0 Å². The molecular weight excluding hydrogens is 290 g/mol. The van der Waals surface area contributed by atoms with Crippen molar-refractivity contribution in [2.45, 2.75) is 32.4 Å². The van der Waals surface area contributed by atoms with Gasteiger partial charge in [0, 0.05) is 24.0 Å². The standard InChI is InChI=1S/C16H20ClNO3/c1-16(2)13(10-6-7-21-14(10)16)18-12-8-9(15(19)20-3)4-5-11(12)17/h4-5,8,10,13-14,18H,6-7H2,1-3H3. The number of carbonyl (C=O) groups excluding carboxylic acids is 1. The van der Waals surface area contributed by atoms with Crippen LogP contribution in [0, 0.1) is 11.3 Å². The quantitative estimate of drug-likeness (QED) is 0.870. The maximum atomic E-state index is 11.6. The summed E-state index contributed by atoms with van der Waals surface area (Å²) >= 11 is 6.26. The van der Waals surface area contributed by atoms with Crippen LogP contribution < -0.4 is 5.32 Å². The van der Waals surface area contributed by atoms with Crippen molar-refractivity contribution in [3.63, 3.8) is 0 Å². The summed E-state index contributed by atoms with van der Waals surface area (Å²) < 4.78 is 10.6. The number of methoxy groups -OCH3 is 1. The molecule has 1 saturated carbocycles. The molecular formula is C16H20ClNO3. The number of fused-ring (bicyclic) bond motifs is 1. The number of carbonyl (C=O) groups is 1. The molecule has 2 fully saturated rings. The molecule has 4 nitrogen and oxygen atoms in total. The van der Waals surface area contributed by atoms with Gasteiger partial charge in [0.25, 0.3) is 0 Å². The fraction of sp³-hybridized carbons (Fsp3) is 0.562. The molecule has 114 valence electrons. The minimum atomic E-state index is -0.357. The first-order chi connectivity index (χ1) is 9.95. The molecule has 1 aliphatic carbocycles. The molecule has 2 aliphatic rings. The third-order valence-corrected chi connectivity index (χ3v) is 5.13. The summed E-state index contributed by atoms with van der Waals surface area (Å²) in [5.74, 6) is 0.155. The Hall–Kier alpha value is -1.26. The number of benzene rings is 1. The van der Waals surface area contributed by atoms with Gasteiger partial charge < -0.3 is 14.8 Å². The lowest BCUT2D eigenvalue weighted by atomic mass is 9.57. The predicted molar refractivity (Wildman–Crippen MR) is 81.8 cm³/mol. The second kappa shape index (κ2) is 5.18. The average molecular weight is 310 g/mol. The summed E-state index contributed by atoms with van der Waals surface area (Å²) in [4.78, 5) is 11.6. The Morgan fingerprint density at radius 3 is 2.95 bits per heavy atom. The number of rotatable bonds is 3. The van der Waals surface area contributed by atoms with E-state index in [0.29, 0.717) is 28.6 Å². The summed E-state index contributed by atoms with van der Waals surface area (Å²) in [5, 5.41) is 4.12. The lowest BCUT2D eigenvalue weighted by molar-refractivity contribution is -0.0923. The van der Waals surface area contributed by atoms with Gasteiger partial charge in [-0.15, -0.1) is 0 Å². The second-order valence-corrected chi connectivity index (χ2v) is 6.78. The maximum Gasteiger partial charge on any atom is 0.337 e. The predicted octanol–water partition coefficient (Wildman–Crippen LogP) is 3.35. The van der Waals surface area contributed by atoms with Gasteiger partial charge in [-0.25, -0.2) is 4.79 Å². The van der Waals surface area contributed by atoms with E-state index in [9.17, 15) is 4.79 Å². The number of hydrogen-bond donors (Lipinski definition) is 1. The number of anilines is 1. The van der Waals surface area contributed by atoms with Crippen LogP contribution in [-0.4, -0.2) is 31.8 Å². The molecule has 1 aromatic carbocycles. The topological polar surface area (TPSA) is 47.6 Å². The Bertz CT molecular complexity index is 573. The van der Waals surface area contributed by atoms with Crippen molar-refractivity contribution >= 4 is 23.3 Å². The molecule has 0 amide bonds. The Morgan fingerprint density at radius 2 is 2.24 bits per heavy atom. The van der Waals surface area contributed by atoms with Crippen LogP contribution in [0.3, 0.4) is 0 Å². The van der Waals surface area contributed by atoms with E-state index in [1.54, 1.807) is 18.2 Å². The van der Waals surface area contributed by atoms with Gasteiger partial charge in [-0.3, -0.25) is 0 Å². The zero-order valence-electron chi connectivity index (χ0n) is 12.5. The summed E-state index contributed by atoms with van der Waals surface area (Å²) in [5.41, 5.74) is 1.34. The van der Waals surface area contributed by atoms with Crippen molar-refractivity contribution in [1.29, 1.82) is 0 Å². The van der Waals surface area contributed by atoms with Crippen LogP contribution in [0.15, 0.2) is 18.2 Å².